The summed E-state index contributed by atoms with van der Waals surface area (Å²) in [6.45, 7) is 3.75. The van der Waals surface area contributed by atoms with E-state index in [0.29, 0.717) is 25.4 Å². The molecule has 3 amide bonds. The van der Waals surface area contributed by atoms with Crippen LogP contribution in [0.1, 0.15) is 20.8 Å². The van der Waals surface area contributed by atoms with E-state index in [2.05, 4.69) is 10.1 Å². The van der Waals surface area contributed by atoms with Gasteiger partial charge >= 0.3 is 6.61 Å². The average molecular weight is 442 g/mol. The van der Waals surface area contributed by atoms with Gasteiger partial charge in [-0.05, 0) is 24.6 Å². The highest BCUT2D eigenvalue weighted by Gasteiger charge is 2.32. The Kier molecular flexibility index (Phi) is 8.69. The molecule has 1 atom stereocenters. The lowest BCUT2D eigenvalue weighted by molar-refractivity contribution is -0.132. The molecule has 0 radical (unpaired) electrons. The van der Waals surface area contributed by atoms with Crippen molar-refractivity contribution in [2.24, 2.45) is 11.7 Å². The van der Waals surface area contributed by atoms with Crippen molar-refractivity contribution in [3.05, 3.63) is 18.2 Å². The van der Waals surface area contributed by atoms with Crippen LogP contribution in [-0.2, 0) is 19.1 Å². The molecule has 2 rings (SSSR count). The van der Waals surface area contributed by atoms with Crippen molar-refractivity contribution in [2.45, 2.75) is 33.4 Å². The van der Waals surface area contributed by atoms with Crippen LogP contribution in [0.2, 0.25) is 0 Å². The molecule has 1 aliphatic rings. The number of ether oxygens (including phenoxy) is 2. The highest BCUT2D eigenvalue weighted by molar-refractivity contribution is 6.10. The number of amides is 3. The first kappa shape index (κ1) is 24.5. The Morgan fingerprint density at radius 3 is 2.61 bits per heavy atom. The minimum absolute atomic E-state index is 0.0680. The summed E-state index contributed by atoms with van der Waals surface area (Å²) >= 11 is 0. The molecule has 1 saturated heterocycles. The molecule has 0 spiro atoms. The van der Waals surface area contributed by atoms with Crippen LogP contribution in [0.4, 0.5) is 20.2 Å². The van der Waals surface area contributed by atoms with Gasteiger partial charge < -0.3 is 25.4 Å². The molecule has 9 nitrogen and oxygen atoms in total. The van der Waals surface area contributed by atoms with Crippen LogP contribution in [0.5, 0.6) is 5.75 Å². The third kappa shape index (κ3) is 6.59. The summed E-state index contributed by atoms with van der Waals surface area (Å²) in [5.41, 5.74) is 5.71. The van der Waals surface area contributed by atoms with Crippen LogP contribution in [-0.4, -0.2) is 68.1 Å². The number of carbonyl (C=O) groups excluding carboxylic acids is 3. The maximum atomic E-state index is 13.0. The molecule has 31 heavy (non-hydrogen) atoms. The Hall–Kier alpha value is -2.79. The number of alkyl halides is 2. The van der Waals surface area contributed by atoms with Gasteiger partial charge in [-0.25, -0.2) is 0 Å². The average Bonchev–Trinajstić information content (AvgIpc) is 2.68. The predicted molar refractivity (Wildman–Crippen MR) is 110 cm³/mol. The van der Waals surface area contributed by atoms with Crippen molar-refractivity contribution in [1.82, 2.24) is 4.90 Å². The third-order valence-electron chi connectivity index (χ3n) is 4.63. The van der Waals surface area contributed by atoms with Crippen molar-refractivity contribution < 1.29 is 32.6 Å². The van der Waals surface area contributed by atoms with E-state index < -0.39 is 24.5 Å². The zero-order valence-electron chi connectivity index (χ0n) is 17.8. The Morgan fingerprint density at radius 2 is 2.06 bits per heavy atom. The van der Waals surface area contributed by atoms with Gasteiger partial charge in [0.2, 0.25) is 5.91 Å². The van der Waals surface area contributed by atoms with E-state index in [1.54, 1.807) is 11.8 Å². The number of anilines is 2. The van der Waals surface area contributed by atoms with E-state index in [0.717, 1.165) is 0 Å². The van der Waals surface area contributed by atoms with Gasteiger partial charge in [0.15, 0.2) is 11.8 Å². The molecular weight excluding hydrogens is 414 g/mol. The van der Waals surface area contributed by atoms with Crippen molar-refractivity contribution in [3.8, 4) is 5.75 Å². The fourth-order valence-corrected chi connectivity index (χ4v) is 3.33. The fraction of sp³-hybridized carbons (Fsp3) is 0.550. The van der Waals surface area contributed by atoms with Gasteiger partial charge in [0.1, 0.15) is 6.61 Å². The molecule has 1 aliphatic heterocycles. The fourth-order valence-electron chi connectivity index (χ4n) is 3.33. The minimum atomic E-state index is -3.16. The second kappa shape index (κ2) is 11.0. The van der Waals surface area contributed by atoms with Crippen LogP contribution in [0.3, 0.4) is 0 Å². The topological polar surface area (TPSA) is 114 Å². The number of rotatable bonds is 10. The van der Waals surface area contributed by atoms with Gasteiger partial charge in [-0.2, -0.15) is 8.78 Å². The van der Waals surface area contributed by atoms with E-state index >= 15 is 0 Å². The number of likely N-dealkylation sites (N-methyl/N-ethyl adjacent to an activating group) is 1. The molecular formula is C20H28F2N4O5. The number of nitrogens with zero attached hydrogens (tertiary/aromatic N) is 2. The monoisotopic (exact) mass is 442 g/mol. The summed E-state index contributed by atoms with van der Waals surface area (Å²) in [4.78, 5) is 39.8. The van der Waals surface area contributed by atoms with Crippen LogP contribution in [0.15, 0.2) is 18.2 Å². The van der Waals surface area contributed by atoms with E-state index in [1.165, 1.54) is 23.1 Å². The second-order valence-electron chi connectivity index (χ2n) is 7.43. The van der Waals surface area contributed by atoms with Crippen molar-refractivity contribution >= 4 is 29.1 Å². The van der Waals surface area contributed by atoms with Crippen LogP contribution in [0.25, 0.3) is 0 Å². The zero-order chi connectivity index (χ0) is 23.1. The van der Waals surface area contributed by atoms with Crippen LogP contribution >= 0.6 is 0 Å². The summed E-state index contributed by atoms with van der Waals surface area (Å²) in [6, 6.07) is 2.77. The summed E-state index contributed by atoms with van der Waals surface area (Å²) in [6.07, 6.45) is 0. The first-order chi connectivity index (χ1) is 14.6. The largest absolute Gasteiger partial charge is 0.433 e. The lowest BCUT2D eigenvalue weighted by Gasteiger charge is -2.29. The molecule has 1 fully saturated rings. The number of benzene rings is 1. The highest BCUT2D eigenvalue weighted by atomic mass is 19.3. The first-order valence-electron chi connectivity index (χ1n) is 9.95. The summed E-state index contributed by atoms with van der Waals surface area (Å²) < 4.78 is 35.6. The van der Waals surface area contributed by atoms with Crippen LogP contribution < -0.4 is 20.7 Å². The molecule has 1 aromatic rings. The van der Waals surface area contributed by atoms with E-state index in [4.69, 9.17) is 10.5 Å². The normalized spacial score (nSPS) is 15.5. The zero-order valence-corrected chi connectivity index (χ0v) is 17.8. The van der Waals surface area contributed by atoms with Crippen LogP contribution in [0, 0.1) is 5.92 Å². The van der Waals surface area contributed by atoms with E-state index in [1.807, 2.05) is 13.8 Å². The minimum Gasteiger partial charge on any atom is -0.433 e. The van der Waals surface area contributed by atoms with Gasteiger partial charge in [-0.1, -0.05) is 20.8 Å². The molecule has 1 aromatic carbocycles. The molecule has 0 unspecified atom stereocenters. The Balaban J connectivity index is 2.31. The number of nitrogens with two attached hydrogens (primary N) is 1. The van der Waals surface area contributed by atoms with Crippen molar-refractivity contribution in [2.75, 3.05) is 43.1 Å². The maximum Gasteiger partial charge on any atom is 0.387 e. The Bertz CT molecular complexity index is 806. The quantitative estimate of drug-likeness (QED) is 0.530. The molecule has 11 heteroatoms. The number of morpholine rings is 1. The van der Waals surface area contributed by atoms with Crippen molar-refractivity contribution in [1.29, 1.82) is 0 Å². The summed E-state index contributed by atoms with van der Waals surface area (Å²) in [5.74, 6) is -2.11. The standard InChI is InChI=1S/C20H28F2N4O5/c1-4-25(10-12(2)3)17(18(23)28)19(29)24-14-6-5-13(9-15(14)31-20(21)22)26-7-8-30-11-16(26)27/h5-6,9,12,17,20H,4,7-8,10-11H2,1-3H3,(H2,23,28)(H,24,29)/t17-/m1/s1. The number of carbonyl (C=O) groups is 3. The van der Waals surface area contributed by atoms with Gasteiger partial charge in [0, 0.05) is 24.8 Å². The third-order valence-corrected chi connectivity index (χ3v) is 4.63. The Morgan fingerprint density at radius 1 is 1.35 bits per heavy atom. The number of nitrogens with one attached hydrogen (secondary N) is 1. The molecule has 0 saturated carbocycles. The Labute approximate surface area is 179 Å². The lowest BCUT2D eigenvalue weighted by atomic mass is 10.1. The van der Waals surface area contributed by atoms with E-state index in [9.17, 15) is 23.2 Å². The molecule has 172 valence electrons. The summed E-state index contributed by atoms with van der Waals surface area (Å²) in [5, 5.41) is 2.46. The smallest absolute Gasteiger partial charge is 0.387 e. The molecule has 0 bridgehead atoms. The molecule has 1 heterocycles. The molecule has 0 aliphatic carbocycles. The van der Waals surface area contributed by atoms with Gasteiger partial charge in [0.25, 0.3) is 11.8 Å². The highest BCUT2D eigenvalue weighted by Crippen LogP contribution is 2.32. The second-order valence-corrected chi connectivity index (χ2v) is 7.43. The SMILES string of the molecule is CCN(CC(C)C)[C@H](C(N)=O)C(=O)Nc1ccc(N2CCOCC2=O)cc1OC(F)F. The molecule has 0 aromatic heterocycles. The maximum absolute atomic E-state index is 13.0. The number of hydrogen-bond acceptors (Lipinski definition) is 6. The predicted octanol–water partition coefficient (Wildman–Crippen LogP) is 1.42. The number of primary amides is 1. The van der Waals surface area contributed by atoms with Gasteiger partial charge in [-0.15, -0.1) is 0 Å². The lowest BCUT2D eigenvalue weighted by Crippen LogP contribution is -2.53. The molecule has 3 N–H and O–H groups in total. The van der Waals surface area contributed by atoms with Crippen molar-refractivity contribution in [3.63, 3.8) is 0 Å². The van der Waals surface area contributed by atoms with Gasteiger partial charge in [-0.3, -0.25) is 19.3 Å². The van der Waals surface area contributed by atoms with E-state index in [-0.39, 0.29) is 36.4 Å². The van der Waals surface area contributed by atoms with Gasteiger partial charge in [0.05, 0.1) is 12.3 Å². The summed E-state index contributed by atoms with van der Waals surface area (Å²) in [7, 11) is 0. The first-order valence-corrected chi connectivity index (χ1v) is 9.95. The number of halogens is 2. The number of hydrogen-bond donors (Lipinski definition) is 2.